The van der Waals surface area contributed by atoms with Crippen LogP contribution in [0, 0.1) is 6.92 Å². The van der Waals surface area contributed by atoms with E-state index in [1.165, 1.54) is 9.21 Å². The summed E-state index contributed by atoms with van der Waals surface area (Å²) < 4.78 is 28.6. The number of nitrogens with zero attached hydrogens (tertiary/aromatic N) is 3. The van der Waals surface area contributed by atoms with E-state index in [0.717, 1.165) is 11.4 Å². The van der Waals surface area contributed by atoms with Gasteiger partial charge in [0.15, 0.2) is 0 Å². The summed E-state index contributed by atoms with van der Waals surface area (Å²) in [6, 6.07) is 15.7. The van der Waals surface area contributed by atoms with Crippen LogP contribution in [0.1, 0.15) is 11.4 Å². The fraction of sp³-hybridized carbons (Fsp3) is 0.300. The highest BCUT2D eigenvalue weighted by Crippen LogP contribution is 2.14. The van der Waals surface area contributed by atoms with Gasteiger partial charge in [-0.15, -0.1) is 0 Å². The number of pyridine rings is 1. The van der Waals surface area contributed by atoms with E-state index in [1.54, 1.807) is 34.7 Å². The fourth-order valence-corrected chi connectivity index (χ4v) is 5.13. The van der Waals surface area contributed by atoms with Gasteiger partial charge in [-0.25, -0.2) is 13.4 Å². The summed E-state index contributed by atoms with van der Waals surface area (Å²) in [5.74, 6) is 0. The first-order valence-electron chi connectivity index (χ1n) is 9.32. The van der Waals surface area contributed by atoms with Crippen LogP contribution in [-0.2, 0) is 16.6 Å². The predicted octanol–water partition coefficient (Wildman–Crippen LogP) is 0.0923. The largest absolute Gasteiger partial charge is 0.328 e. The normalized spacial score (nSPS) is 16.5. The van der Waals surface area contributed by atoms with Gasteiger partial charge in [0, 0.05) is 11.8 Å². The molecule has 8 heteroatoms. The molecule has 0 unspecified atom stereocenters. The molecule has 0 atom stereocenters. The van der Waals surface area contributed by atoms with Gasteiger partial charge in [-0.1, -0.05) is 24.3 Å². The maximum Gasteiger partial charge on any atom is 0.258 e. The van der Waals surface area contributed by atoms with Gasteiger partial charge in [0.2, 0.25) is 10.0 Å². The third-order valence-electron chi connectivity index (χ3n) is 5.17. The van der Waals surface area contributed by atoms with E-state index >= 15 is 0 Å². The highest BCUT2D eigenvalue weighted by molar-refractivity contribution is 7.89. The van der Waals surface area contributed by atoms with E-state index in [0.29, 0.717) is 43.3 Å². The van der Waals surface area contributed by atoms with Crippen LogP contribution in [0.15, 0.2) is 64.3 Å². The highest BCUT2D eigenvalue weighted by Gasteiger charge is 2.30. The zero-order valence-corrected chi connectivity index (χ0v) is 16.5. The molecule has 0 amide bonds. The Morgan fingerprint density at radius 1 is 1.04 bits per heavy atom. The molecule has 1 aliphatic rings. The van der Waals surface area contributed by atoms with E-state index in [1.807, 2.05) is 31.2 Å². The average molecular weight is 399 g/mol. The number of benzene rings is 1. The Hall–Kier alpha value is -2.55. The molecule has 3 aromatic rings. The number of hydrogen-bond acceptors (Lipinski definition) is 4. The van der Waals surface area contributed by atoms with E-state index in [2.05, 4.69) is 4.98 Å². The highest BCUT2D eigenvalue weighted by atomic mass is 32.2. The molecule has 4 rings (SSSR count). The monoisotopic (exact) mass is 399 g/mol. The lowest BCUT2D eigenvalue weighted by Crippen LogP contribution is -3.13. The van der Waals surface area contributed by atoms with E-state index < -0.39 is 10.0 Å². The van der Waals surface area contributed by atoms with Gasteiger partial charge < -0.3 is 4.90 Å². The summed E-state index contributed by atoms with van der Waals surface area (Å²) in [6.07, 6.45) is 0. The lowest BCUT2D eigenvalue weighted by atomic mass is 10.3. The van der Waals surface area contributed by atoms with Gasteiger partial charge in [0.1, 0.15) is 17.9 Å². The van der Waals surface area contributed by atoms with Crippen molar-refractivity contribution in [1.29, 1.82) is 0 Å². The SMILES string of the molecule is Cc1cccc2nc(C[NH+]3CCN(S(=O)(=O)c4ccccc4)CC3)cc(=O)n12. The van der Waals surface area contributed by atoms with Crippen LogP contribution in [0.4, 0.5) is 0 Å². The molecule has 1 saturated heterocycles. The number of aromatic nitrogens is 2. The molecule has 0 radical (unpaired) electrons. The minimum atomic E-state index is -3.45. The summed E-state index contributed by atoms with van der Waals surface area (Å²) in [6.45, 7) is 4.77. The maximum atomic E-state index is 12.7. The third-order valence-corrected chi connectivity index (χ3v) is 7.09. The molecule has 1 aromatic carbocycles. The number of fused-ring (bicyclic) bond motifs is 1. The van der Waals surface area contributed by atoms with Crippen LogP contribution < -0.4 is 10.5 Å². The molecule has 3 heterocycles. The molecule has 0 bridgehead atoms. The van der Waals surface area contributed by atoms with E-state index in [-0.39, 0.29) is 5.56 Å². The number of rotatable bonds is 4. The molecule has 28 heavy (non-hydrogen) atoms. The van der Waals surface area contributed by atoms with Gasteiger partial charge in [-0.2, -0.15) is 4.31 Å². The van der Waals surface area contributed by atoms with Gasteiger partial charge >= 0.3 is 0 Å². The Morgan fingerprint density at radius 2 is 1.75 bits per heavy atom. The topological polar surface area (TPSA) is 76.2 Å². The van der Waals surface area contributed by atoms with Crippen molar-refractivity contribution >= 4 is 15.7 Å². The predicted molar refractivity (Wildman–Crippen MR) is 106 cm³/mol. The van der Waals surface area contributed by atoms with E-state index in [9.17, 15) is 13.2 Å². The quantitative estimate of drug-likeness (QED) is 0.675. The minimum Gasteiger partial charge on any atom is -0.328 e. The number of piperazine rings is 1. The lowest BCUT2D eigenvalue weighted by molar-refractivity contribution is -0.917. The van der Waals surface area contributed by atoms with Crippen LogP contribution in [0.5, 0.6) is 0 Å². The van der Waals surface area contributed by atoms with Crippen molar-refractivity contribution < 1.29 is 13.3 Å². The fourth-order valence-electron chi connectivity index (χ4n) is 3.67. The average Bonchev–Trinajstić information content (AvgIpc) is 2.69. The van der Waals surface area contributed by atoms with Crippen LogP contribution in [-0.4, -0.2) is 48.3 Å². The number of nitrogens with one attached hydrogen (secondary N) is 1. The smallest absolute Gasteiger partial charge is 0.258 e. The molecule has 1 N–H and O–H groups in total. The minimum absolute atomic E-state index is 0.0807. The van der Waals surface area contributed by atoms with Crippen LogP contribution >= 0.6 is 0 Å². The van der Waals surface area contributed by atoms with Gasteiger partial charge in [0.25, 0.3) is 5.56 Å². The second-order valence-corrected chi connectivity index (χ2v) is 9.03. The summed E-state index contributed by atoms with van der Waals surface area (Å²) in [7, 11) is -3.45. The molecule has 146 valence electrons. The van der Waals surface area contributed by atoms with Crippen molar-refractivity contribution in [2.24, 2.45) is 0 Å². The summed E-state index contributed by atoms with van der Waals surface area (Å²) in [4.78, 5) is 18.6. The van der Waals surface area contributed by atoms with Crippen LogP contribution in [0.25, 0.3) is 5.65 Å². The standard InChI is InChI=1S/C20H22N4O3S/c1-16-6-5-9-19-21-17(14-20(25)24(16)19)15-22-10-12-23(13-11-22)28(26,27)18-7-3-2-4-8-18/h2-9,14H,10-13,15H2,1H3/p+1. The van der Waals surface area contributed by atoms with Crippen LogP contribution in [0.3, 0.4) is 0 Å². The summed E-state index contributed by atoms with van der Waals surface area (Å²) in [5.41, 5.74) is 2.16. The maximum absolute atomic E-state index is 12.7. The first-order chi connectivity index (χ1) is 13.4. The molecular formula is C20H23N4O3S+. The Balaban J connectivity index is 1.47. The first kappa shape index (κ1) is 18.8. The number of aryl methyl sites for hydroxylation is 1. The number of sulfonamides is 1. The Labute approximate surface area is 163 Å². The van der Waals surface area contributed by atoms with Crippen molar-refractivity contribution in [2.45, 2.75) is 18.4 Å². The van der Waals surface area contributed by atoms with Crippen molar-refractivity contribution in [3.63, 3.8) is 0 Å². The zero-order valence-electron chi connectivity index (χ0n) is 15.7. The van der Waals surface area contributed by atoms with Gasteiger partial charge in [0.05, 0.1) is 31.1 Å². The molecule has 0 saturated carbocycles. The summed E-state index contributed by atoms with van der Waals surface area (Å²) in [5, 5.41) is 0. The molecule has 1 aliphatic heterocycles. The van der Waals surface area contributed by atoms with E-state index in [4.69, 9.17) is 0 Å². The molecular weight excluding hydrogens is 376 g/mol. The van der Waals surface area contributed by atoms with Crippen molar-refractivity contribution in [3.8, 4) is 0 Å². The summed E-state index contributed by atoms with van der Waals surface area (Å²) >= 11 is 0. The van der Waals surface area contributed by atoms with Crippen LogP contribution in [0.2, 0.25) is 0 Å². The molecule has 7 nitrogen and oxygen atoms in total. The molecule has 0 aliphatic carbocycles. The van der Waals surface area contributed by atoms with Crippen molar-refractivity contribution in [1.82, 2.24) is 13.7 Å². The molecule has 0 spiro atoms. The second kappa shape index (κ2) is 7.46. The first-order valence-corrected chi connectivity index (χ1v) is 10.8. The van der Waals surface area contributed by atoms with Crippen molar-refractivity contribution in [3.05, 3.63) is 76.3 Å². The lowest BCUT2D eigenvalue weighted by Gasteiger charge is -2.31. The zero-order chi connectivity index (χ0) is 19.7. The second-order valence-electron chi connectivity index (χ2n) is 7.09. The molecule has 2 aromatic heterocycles. The number of quaternary nitrogens is 1. The number of hydrogen-bond donors (Lipinski definition) is 1. The Bertz CT molecular complexity index is 1150. The third kappa shape index (κ3) is 3.58. The Kier molecular flexibility index (Phi) is 5.01. The Morgan fingerprint density at radius 3 is 2.46 bits per heavy atom. The van der Waals surface area contributed by atoms with Crippen molar-refractivity contribution in [2.75, 3.05) is 26.2 Å². The molecule has 1 fully saturated rings. The van der Waals surface area contributed by atoms with Gasteiger partial charge in [-0.3, -0.25) is 9.20 Å². The van der Waals surface area contributed by atoms with Gasteiger partial charge in [-0.05, 0) is 31.2 Å².